The lowest BCUT2D eigenvalue weighted by Gasteiger charge is -2.37. The summed E-state index contributed by atoms with van der Waals surface area (Å²) in [6, 6.07) is 19.1. The topological polar surface area (TPSA) is 76.4 Å². The van der Waals surface area contributed by atoms with Crippen LogP contribution in [0.2, 0.25) is 0 Å². The molecule has 0 aliphatic carbocycles. The molecule has 1 aliphatic heterocycles. The molecule has 2 aromatic heterocycles. The van der Waals surface area contributed by atoms with E-state index >= 15 is 0 Å². The van der Waals surface area contributed by atoms with Crippen LogP contribution in [0.15, 0.2) is 73.2 Å². The van der Waals surface area contributed by atoms with Gasteiger partial charge in [-0.1, -0.05) is 30.3 Å². The Kier molecular flexibility index (Phi) is 5.05. The van der Waals surface area contributed by atoms with Gasteiger partial charge in [0.25, 0.3) is 5.91 Å². The van der Waals surface area contributed by atoms with Gasteiger partial charge in [-0.3, -0.25) is 9.36 Å². The minimum atomic E-state index is -0.337. The van der Waals surface area contributed by atoms with E-state index in [0.717, 1.165) is 16.9 Å². The van der Waals surface area contributed by atoms with Crippen molar-refractivity contribution in [1.29, 1.82) is 0 Å². The molecule has 2 aromatic carbocycles. The second-order valence-corrected chi connectivity index (χ2v) is 7.37. The highest BCUT2D eigenvalue weighted by Crippen LogP contribution is 2.20. The Morgan fingerprint density at radius 1 is 1.06 bits per heavy atom. The Morgan fingerprint density at radius 2 is 1.87 bits per heavy atom. The van der Waals surface area contributed by atoms with E-state index < -0.39 is 0 Å². The third-order valence-electron chi connectivity index (χ3n) is 5.43. The molecule has 1 amide bonds. The Labute approximate surface area is 179 Å². The molecule has 1 atom stereocenters. The van der Waals surface area contributed by atoms with Gasteiger partial charge in [0, 0.05) is 25.4 Å². The van der Waals surface area contributed by atoms with Gasteiger partial charge in [-0.2, -0.15) is 4.98 Å². The fourth-order valence-electron chi connectivity index (χ4n) is 3.73. The summed E-state index contributed by atoms with van der Waals surface area (Å²) in [4.78, 5) is 30.1. The van der Waals surface area contributed by atoms with Crippen LogP contribution in [0.3, 0.4) is 0 Å². The number of carbonyl (C=O) groups excluding carboxylic acids is 1. The zero-order chi connectivity index (χ0) is 21.2. The zero-order valence-corrected chi connectivity index (χ0v) is 17.1. The molecular weight excluding hydrogens is 392 g/mol. The fraction of sp³-hybridized carbons (Fsp3) is 0.217. The third kappa shape index (κ3) is 3.73. The highest BCUT2D eigenvalue weighted by atomic mass is 16.5. The summed E-state index contributed by atoms with van der Waals surface area (Å²) in [7, 11) is 1.88. The van der Waals surface area contributed by atoms with Crippen LogP contribution in [0.25, 0.3) is 16.9 Å². The van der Waals surface area contributed by atoms with Crippen LogP contribution in [0.1, 0.15) is 10.4 Å². The van der Waals surface area contributed by atoms with Crippen molar-refractivity contribution in [2.75, 3.05) is 31.6 Å². The van der Waals surface area contributed by atoms with Crippen molar-refractivity contribution < 1.29 is 9.53 Å². The molecule has 0 bridgehead atoms. The van der Waals surface area contributed by atoms with Crippen LogP contribution < -0.4 is 4.90 Å². The molecule has 3 heterocycles. The summed E-state index contributed by atoms with van der Waals surface area (Å²) in [5.74, 6) is 1.25. The predicted molar refractivity (Wildman–Crippen MR) is 117 cm³/mol. The van der Waals surface area contributed by atoms with Gasteiger partial charge in [-0.05, 0) is 30.3 Å². The lowest BCUT2D eigenvalue weighted by Crippen LogP contribution is -2.52. The molecule has 4 aromatic rings. The van der Waals surface area contributed by atoms with Crippen LogP contribution in [0.4, 0.5) is 5.95 Å². The van der Waals surface area contributed by atoms with E-state index in [4.69, 9.17) is 9.72 Å². The Balaban J connectivity index is 1.37. The van der Waals surface area contributed by atoms with E-state index in [9.17, 15) is 4.79 Å². The quantitative estimate of drug-likeness (QED) is 0.511. The van der Waals surface area contributed by atoms with Crippen LogP contribution in [-0.2, 0) is 4.74 Å². The standard InChI is InChI=1S/C23H22N6O2/c1-27(21-15-28(13-14-31-21)22(30)17-7-3-2-4-8-17)23-24-12-11-20(26-23)29-16-25-18-9-5-6-10-19(18)29/h2-12,16,21H,13-15H2,1H3. The largest absolute Gasteiger partial charge is 0.355 e. The summed E-state index contributed by atoms with van der Waals surface area (Å²) in [5.41, 5.74) is 2.56. The molecular formula is C23H22N6O2. The van der Waals surface area contributed by atoms with Crippen molar-refractivity contribution >= 4 is 22.9 Å². The minimum absolute atomic E-state index is 0.00172. The number of imidazole rings is 1. The van der Waals surface area contributed by atoms with E-state index in [2.05, 4.69) is 9.97 Å². The van der Waals surface area contributed by atoms with Gasteiger partial charge in [-0.25, -0.2) is 9.97 Å². The monoisotopic (exact) mass is 414 g/mol. The molecule has 1 unspecified atom stereocenters. The van der Waals surface area contributed by atoms with Crippen LogP contribution in [0.5, 0.6) is 0 Å². The van der Waals surface area contributed by atoms with Crippen LogP contribution >= 0.6 is 0 Å². The number of likely N-dealkylation sites (N-methyl/N-ethyl adjacent to an activating group) is 1. The van der Waals surface area contributed by atoms with Crippen LogP contribution in [0, 0.1) is 0 Å². The van der Waals surface area contributed by atoms with Gasteiger partial charge in [0.15, 0.2) is 0 Å². The molecule has 1 aliphatic rings. The molecule has 8 heteroatoms. The highest BCUT2D eigenvalue weighted by Gasteiger charge is 2.29. The molecule has 31 heavy (non-hydrogen) atoms. The van der Waals surface area contributed by atoms with Gasteiger partial charge in [-0.15, -0.1) is 0 Å². The van der Waals surface area contributed by atoms with E-state index in [-0.39, 0.29) is 12.1 Å². The lowest BCUT2D eigenvalue weighted by molar-refractivity contribution is -0.0207. The maximum atomic E-state index is 12.8. The van der Waals surface area contributed by atoms with Crippen molar-refractivity contribution in [3.05, 3.63) is 78.8 Å². The third-order valence-corrected chi connectivity index (χ3v) is 5.43. The molecule has 8 nitrogen and oxygen atoms in total. The SMILES string of the molecule is CN(c1nccc(-n2cnc3ccccc32)n1)C1CN(C(=O)c2ccccc2)CCO1. The van der Waals surface area contributed by atoms with Gasteiger partial charge in [0.2, 0.25) is 5.95 Å². The van der Waals surface area contributed by atoms with Gasteiger partial charge in [0.05, 0.1) is 24.2 Å². The first-order chi connectivity index (χ1) is 15.2. The average Bonchev–Trinajstić information content (AvgIpc) is 3.28. The number of hydrogen-bond acceptors (Lipinski definition) is 6. The second-order valence-electron chi connectivity index (χ2n) is 7.37. The van der Waals surface area contributed by atoms with E-state index in [1.54, 1.807) is 12.5 Å². The highest BCUT2D eigenvalue weighted by molar-refractivity contribution is 5.94. The first kappa shape index (κ1) is 19.2. The molecule has 0 N–H and O–H groups in total. The smallest absolute Gasteiger partial charge is 0.254 e. The van der Waals surface area contributed by atoms with Crippen molar-refractivity contribution in [3.8, 4) is 5.82 Å². The predicted octanol–water partition coefficient (Wildman–Crippen LogP) is 2.75. The van der Waals surface area contributed by atoms with Gasteiger partial charge in [0.1, 0.15) is 18.4 Å². The molecule has 1 fully saturated rings. The first-order valence-electron chi connectivity index (χ1n) is 10.1. The number of para-hydroxylation sites is 2. The molecule has 0 saturated carbocycles. The van der Waals surface area contributed by atoms with E-state index in [1.807, 2.05) is 82.1 Å². The summed E-state index contributed by atoms with van der Waals surface area (Å²) >= 11 is 0. The Hall–Kier alpha value is -3.78. The number of nitrogens with zero attached hydrogens (tertiary/aromatic N) is 6. The van der Waals surface area contributed by atoms with Gasteiger partial charge < -0.3 is 14.5 Å². The Bertz CT molecular complexity index is 1210. The number of amides is 1. The fourth-order valence-corrected chi connectivity index (χ4v) is 3.73. The first-order valence-corrected chi connectivity index (χ1v) is 10.1. The number of rotatable bonds is 4. The van der Waals surface area contributed by atoms with Crippen molar-refractivity contribution in [2.45, 2.75) is 6.23 Å². The molecule has 0 radical (unpaired) electrons. The summed E-state index contributed by atoms with van der Waals surface area (Å²) in [6.45, 7) is 1.45. The normalized spacial score (nSPS) is 16.4. The minimum Gasteiger partial charge on any atom is -0.355 e. The number of carbonyl (C=O) groups is 1. The van der Waals surface area contributed by atoms with Crippen molar-refractivity contribution in [2.24, 2.45) is 0 Å². The molecule has 0 spiro atoms. The number of anilines is 1. The number of benzene rings is 2. The van der Waals surface area contributed by atoms with E-state index in [0.29, 0.717) is 31.2 Å². The van der Waals surface area contributed by atoms with Crippen molar-refractivity contribution in [3.63, 3.8) is 0 Å². The molecule has 5 rings (SSSR count). The van der Waals surface area contributed by atoms with Crippen molar-refractivity contribution in [1.82, 2.24) is 24.4 Å². The lowest BCUT2D eigenvalue weighted by atomic mass is 10.2. The van der Waals surface area contributed by atoms with Crippen LogP contribution in [-0.4, -0.2) is 63.3 Å². The van der Waals surface area contributed by atoms with Gasteiger partial charge >= 0.3 is 0 Å². The molecule has 156 valence electrons. The summed E-state index contributed by atoms with van der Waals surface area (Å²) in [6.07, 6.45) is 3.14. The summed E-state index contributed by atoms with van der Waals surface area (Å²) < 4.78 is 7.88. The second kappa shape index (κ2) is 8.16. The number of fused-ring (bicyclic) bond motifs is 1. The number of ether oxygens (including phenoxy) is 1. The maximum Gasteiger partial charge on any atom is 0.254 e. The zero-order valence-electron chi connectivity index (χ0n) is 17.1. The maximum absolute atomic E-state index is 12.8. The summed E-state index contributed by atoms with van der Waals surface area (Å²) in [5, 5.41) is 0. The average molecular weight is 414 g/mol. The molecule has 1 saturated heterocycles. The Morgan fingerprint density at radius 3 is 2.74 bits per heavy atom. The van der Waals surface area contributed by atoms with E-state index in [1.165, 1.54) is 0 Å². The number of morpholine rings is 1. The number of aromatic nitrogens is 4. The number of hydrogen-bond donors (Lipinski definition) is 0.